The second-order valence-electron chi connectivity index (χ2n) is 8.16. The molecule has 2 aromatic heterocycles. The predicted molar refractivity (Wildman–Crippen MR) is 157 cm³/mol. The molecular weight excluding hydrogens is 531 g/mol. The number of aromatic nitrogens is 3. The van der Waals surface area contributed by atoms with Crippen molar-refractivity contribution in [2.24, 2.45) is 0 Å². The lowest BCUT2D eigenvalue weighted by atomic mass is 9.98. The number of benzene rings is 1. The number of carbonyl (C=O) groups excluding carboxylic acids is 1. The summed E-state index contributed by atoms with van der Waals surface area (Å²) < 4.78 is 31.2. The highest BCUT2D eigenvalue weighted by molar-refractivity contribution is 7.17. The van der Waals surface area contributed by atoms with Crippen LogP contribution in [0.2, 0.25) is 0 Å². The Hall–Kier alpha value is -4.07. The predicted octanol–water partition coefficient (Wildman–Crippen LogP) is 6.65. The zero-order valence-corrected chi connectivity index (χ0v) is 24.3. The van der Waals surface area contributed by atoms with E-state index in [0.29, 0.717) is 41.8 Å². The van der Waals surface area contributed by atoms with Crippen molar-refractivity contribution in [2.45, 2.75) is 40.5 Å². The number of terminal acetylenes is 1. The quantitative estimate of drug-likeness (QED) is 0.229. The van der Waals surface area contributed by atoms with Gasteiger partial charge >= 0.3 is 0 Å². The van der Waals surface area contributed by atoms with Crippen LogP contribution in [0.1, 0.15) is 49.7 Å². The average Bonchev–Trinajstić information content (AvgIpc) is 3.42. The Morgan fingerprint density at radius 1 is 1.25 bits per heavy atom. The summed E-state index contributed by atoms with van der Waals surface area (Å²) in [6.45, 7) is 9.73. The van der Waals surface area contributed by atoms with Crippen LogP contribution in [0.15, 0.2) is 53.8 Å². The fraction of sp³-hybridized carbons (Fsp3) is 0.333. The lowest BCUT2D eigenvalue weighted by Gasteiger charge is -2.15. The topological polar surface area (TPSA) is 95.5 Å². The average molecular weight is 567 g/mol. The number of methoxy groups -OCH3 is 1. The van der Waals surface area contributed by atoms with E-state index >= 15 is 0 Å². The smallest absolute Gasteiger partial charge is 0.295 e. The molecule has 0 unspecified atom stereocenters. The molecule has 3 aromatic rings. The second kappa shape index (κ2) is 16.8. The van der Waals surface area contributed by atoms with E-state index in [1.165, 1.54) is 30.5 Å². The number of hydrogen-bond acceptors (Lipinski definition) is 8. The number of nitrogens with one attached hydrogen (secondary N) is 1. The molecule has 0 radical (unpaired) electrons. The van der Waals surface area contributed by atoms with Crippen LogP contribution in [0.25, 0.3) is 11.1 Å². The first kappa shape index (κ1) is 32.1. The van der Waals surface area contributed by atoms with E-state index in [2.05, 4.69) is 46.3 Å². The number of nitrogens with zero attached hydrogens (tertiary/aromatic N) is 3. The Morgan fingerprint density at radius 2 is 2.02 bits per heavy atom. The standard InChI is InChI=1S/C26H27FN4O4S.C2H6.C2H2/c1-16-10-12-34-15-18(16)7-4-5-11-35-26-31-30-25(36-26)29-24(32)20-14-28-17(2)13-19(20)23-21(27)8-6-9-22(23)33-3;2*1-2/h4,6-9,13-14H,5,10-12,15H2,1-3H3,(H,29,30,32);1-2H3;1-2H/b7-4-;;. The van der Waals surface area contributed by atoms with Gasteiger partial charge in [-0.25, -0.2) is 4.39 Å². The number of pyridine rings is 1. The molecule has 0 fully saturated rings. The van der Waals surface area contributed by atoms with Crippen molar-refractivity contribution in [1.29, 1.82) is 0 Å². The SMILES string of the molecule is C#C.CC.COc1cccc(F)c1-c1cc(C)ncc1C(=O)Nc1nnc(OCC/C=C\C2=C(C)CCOC2)s1. The van der Waals surface area contributed by atoms with Crippen LogP contribution >= 0.6 is 11.3 Å². The molecule has 8 nitrogen and oxygen atoms in total. The van der Waals surface area contributed by atoms with Crippen molar-refractivity contribution >= 4 is 22.4 Å². The van der Waals surface area contributed by atoms with Crippen molar-refractivity contribution in [3.05, 3.63) is 70.8 Å². The van der Waals surface area contributed by atoms with Gasteiger partial charge < -0.3 is 14.2 Å². The van der Waals surface area contributed by atoms with Crippen LogP contribution in [-0.4, -0.2) is 48.0 Å². The van der Waals surface area contributed by atoms with Crippen molar-refractivity contribution in [2.75, 3.05) is 32.2 Å². The summed E-state index contributed by atoms with van der Waals surface area (Å²) >= 11 is 1.11. The van der Waals surface area contributed by atoms with Crippen LogP contribution in [0, 0.1) is 25.6 Å². The molecule has 1 aliphatic heterocycles. The van der Waals surface area contributed by atoms with Gasteiger partial charge in [0, 0.05) is 17.5 Å². The van der Waals surface area contributed by atoms with Crippen molar-refractivity contribution in [3.63, 3.8) is 0 Å². The molecule has 0 spiro atoms. The van der Waals surface area contributed by atoms with Gasteiger partial charge in [0.05, 0.1) is 38.1 Å². The van der Waals surface area contributed by atoms with E-state index in [9.17, 15) is 9.18 Å². The Labute approximate surface area is 239 Å². The molecule has 3 heterocycles. The second-order valence-corrected chi connectivity index (χ2v) is 9.10. The molecule has 1 N–H and O–H groups in total. The summed E-state index contributed by atoms with van der Waals surface area (Å²) in [6, 6.07) is 6.15. The molecule has 212 valence electrons. The number of ether oxygens (including phenoxy) is 3. The number of halogens is 1. The van der Waals surface area contributed by atoms with E-state index < -0.39 is 11.7 Å². The van der Waals surface area contributed by atoms with E-state index in [1.807, 2.05) is 19.9 Å². The Kier molecular flexibility index (Phi) is 13.5. The van der Waals surface area contributed by atoms with Gasteiger partial charge in [0.1, 0.15) is 11.6 Å². The van der Waals surface area contributed by atoms with Crippen LogP contribution < -0.4 is 14.8 Å². The molecule has 1 amide bonds. The summed E-state index contributed by atoms with van der Waals surface area (Å²) in [4.78, 5) is 17.3. The van der Waals surface area contributed by atoms with Gasteiger partial charge in [-0.15, -0.1) is 17.9 Å². The first-order valence-electron chi connectivity index (χ1n) is 12.8. The summed E-state index contributed by atoms with van der Waals surface area (Å²) in [7, 11) is 1.45. The summed E-state index contributed by atoms with van der Waals surface area (Å²) in [5.41, 5.74) is 3.94. The maximum atomic E-state index is 14.7. The summed E-state index contributed by atoms with van der Waals surface area (Å²) in [6.07, 6.45) is 15.2. The molecule has 4 rings (SSSR count). The Balaban J connectivity index is 0.00000134. The molecule has 0 atom stereocenters. The fourth-order valence-corrected chi connectivity index (χ4v) is 4.30. The zero-order valence-electron chi connectivity index (χ0n) is 23.5. The van der Waals surface area contributed by atoms with Crippen molar-refractivity contribution in [1.82, 2.24) is 15.2 Å². The number of hydrogen-bond donors (Lipinski definition) is 1. The molecule has 1 aliphatic rings. The maximum Gasteiger partial charge on any atom is 0.295 e. The number of amides is 1. The first-order valence-corrected chi connectivity index (χ1v) is 13.6. The molecule has 10 heteroatoms. The maximum absolute atomic E-state index is 14.7. The molecule has 0 saturated carbocycles. The van der Waals surface area contributed by atoms with Gasteiger partial charge in [0.2, 0.25) is 5.13 Å². The largest absolute Gasteiger partial charge is 0.496 e. The summed E-state index contributed by atoms with van der Waals surface area (Å²) in [5.74, 6) is -0.679. The number of carbonyl (C=O) groups is 1. The van der Waals surface area contributed by atoms with Crippen LogP contribution in [0.4, 0.5) is 9.52 Å². The van der Waals surface area contributed by atoms with Gasteiger partial charge in [0.25, 0.3) is 11.1 Å². The van der Waals surface area contributed by atoms with Crippen molar-refractivity contribution < 1.29 is 23.4 Å². The third kappa shape index (κ3) is 8.73. The molecular formula is C30H35FN4O4S. The van der Waals surface area contributed by atoms with E-state index in [-0.39, 0.29) is 16.3 Å². The number of anilines is 1. The highest BCUT2D eigenvalue weighted by atomic mass is 32.1. The first-order chi connectivity index (χ1) is 19.5. The van der Waals surface area contributed by atoms with Gasteiger partial charge in [-0.1, -0.05) is 42.7 Å². The van der Waals surface area contributed by atoms with Crippen LogP contribution in [-0.2, 0) is 4.74 Å². The van der Waals surface area contributed by atoms with Gasteiger partial charge in [-0.05, 0) is 61.8 Å². The Bertz CT molecular complexity index is 1350. The molecule has 0 bridgehead atoms. The third-order valence-corrected chi connectivity index (χ3v) is 6.38. The van der Waals surface area contributed by atoms with E-state index in [0.717, 1.165) is 24.4 Å². The number of aryl methyl sites for hydroxylation is 1. The van der Waals surface area contributed by atoms with Gasteiger partial charge in [-0.3, -0.25) is 15.1 Å². The summed E-state index contributed by atoms with van der Waals surface area (Å²) in [5, 5.41) is 11.3. The third-order valence-electron chi connectivity index (χ3n) is 5.63. The van der Waals surface area contributed by atoms with E-state index in [4.69, 9.17) is 14.2 Å². The molecule has 0 aliphatic carbocycles. The molecule has 0 saturated heterocycles. The van der Waals surface area contributed by atoms with Crippen LogP contribution in [0.5, 0.6) is 10.9 Å². The highest BCUT2D eigenvalue weighted by Gasteiger charge is 2.21. The van der Waals surface area contributed by atoms with Gasteiger partial charge in [-0.2, -0.15) is 0 Å². The number of rotatable bonds is 9. The van der Waals surface area contributed by atoms with Gasteiger partial charge in [0.15, 0.2) is 0 Å². The normalized spacial score (nSPS) is 12.6. The minimum atomic E-state index is -0.503. The lowest BCUT2D eigenvalue weighted by molar-refractivity contribution is 0.102. The highest BCUT2D eigenvalue weighted by Crippen LogP contribution is 2.35. The Morgan fingerprint density at radius 3 is 2.75 bits per heavy atom. The minimum Gasteiger partial charge on any atom is -0.496 e. The molecule has 40 heavy (non-hydrogen) atoms. The molecule has 1 aromatic carbocycles. The van der Waals surface area contributed by atoms with Crippen molar-refractivity contribution in [3.8, 4) is 34.9 Å². The van der Waals surface area contributed by atoms with E-state index in [1.54, 1.807) is 25.1 Å². The zero-order chi connectivity index (χ0) is 29.5. The monoisotopic (exact) mass is 566 g/mol. The minimum absolute atomic E-state index is 0.183. The lowest BCUT2D eigenvalue weighted by Crippen LogP contribution is -2.14. The fourth-order valence-electron chi connectivity index (χ4n) is 3.69. The van der Waals surface area contributed by atoms with Crippen LogP contribution in [0.3, 0.4) is 0 Å².